The molecule has 0 unspecified atom stereocenters. The number of amides is 5. The molecule has 458 valence electrons. The zero-order valence-electron chi connectivity index (χ0n) is 48.7. The molecular weight excluding hydrogens is 1060 g/mol. The SMILES string of the molecule is CCCOCCOCCOCCOCCOCCOCCOCCOCCC(=O)NC.COCCOCCOCCOCCn1cc(-c2ccc(NC(=O)N3CCC(N4CCN(Cc5cc(OC)ccc5OC)C4=O)CC3)cc2)nn1. The molecule has 25 heteroatoms. The van der Waals surface area contributed by atoms with Crippen LogP contribution < -0.4 is 20.1 Å². The largest absolute Gasteiger partial charge is 0.497 e. The summed E-state index contributed by atoms with van der Waals surface area (Å²) in [5, 5.41) is 14.0. The fourth-order valence-electron chi connectivity index (χ4n) is 8.06. The maximum absolute atomic E-state index is 13.3. The molecule has 2 fully saturated rings. The zero-order valence-corrected chi connectivity index (χ0v) is 48.7. The van der Waals surface area contributed by atoms with E-state index in [2.05, 4.69) is 27.9 Å². The molecule has 25 nitrogen and oxygen atoms in total. The van der Waals surface area contributed by atoms with Crippen molar-refractivity contribution in [3.63, 3.8) is 0 Å². The fourth-order valence-corrected chi connectivity index (χ4v) is 8.06. The highest BCUT2D eigenvalue weighted by atomic mass is 16.6. The minimum absolute atomic E-state index is 0.0173. The van der Waals surface area contributed by atoms with Gasteiger partial charge in [-0.2, -0.15) is 0 Å². The van der Waals surface area contributed by atoms with Gasteiger partial charge in [0.25, 0.3) is 0 Å². The number of rotatable bonds is 45. The number of methoxy groups -OCH3 is 3. The van der Waals surface area contributed by atoms with Crippen LogP contribution in [0.1, 0.15) is 38.2 Å². The number of piperidine rings is 1. The third-order valence-corrected chi connectivity index (χ3v) is 12.5. The first-order valence-corrected chi connectivity index (χ1v) is 28.2. The Labute approximate surface area is 478 Å². The number of carbonyl (C=O) groups excluding carboxylic acids is 3. The van der Waals surface area contributed by atoms with E-state index in [0.717, 1.165) is 54.2 Å². The van der Waals surface area contributed by atoms with Gasteiger partial charge in [0.05, 0.1) is 179 Å². The summed E-state index contributed by atoms with van der Waals surface area (Å²) in [5.41, 5.74) is 3.23. The predicted molar refractivity (Wildman–Crippen MR) is 301 cm³/mol. The standard InChI is InChI=1S/C35H49N7O8.C21H43NO9/c1-45-18-19-49-22-23-50-21-20-48-17-16-41-26-32(37-38-41)27-4-6-29(7-5-27)36-34(43)39-12-10-30(11-13-39)42-15-14-40(35(42)44)25-28-24-31(46-2)8-9-33(28)47-3;1-3-5-24-7-9-26-11-13-28-15-17-30-19-20-31-18-16-29-14-12-27-10-8-25-6-4-21(23)22-2/h4-9,24,26,30H,10-23,25H2,1-3H3,(H,36,43);3-20H2,1-2H3,(H,22,23). The second-order valence-electron chi connectivity index (χ2n) is 18.3. The molecule has 1 aromatic heterocycles. The molecule has 0 radical (unpaired) electrons. The molecule has 2 aliphatic rings. The van der Waals surface area contributed by atoms with Crippen LogP contribution in [0.25, 0.3) is 11.3 Å². The summed E-state index contributed by atoms with van der Waals surface area (Å²) in [6, 6.07) is 13.1. The topological polar surface area (TPSA) is 245 Å². The zero-order chi connectivity index (χ0) is 57.8. The second kappa shape index (κ2) is 44.3. The number of carbonyl (C=O) groups is 3. The number of hydrogen-bond acceptors (Lipinski definition) is 19. The number of hydrogen-bond donors (Lipinski definition) is 2. The molecule has 5 rings (SSSR count). The van der Waals surface area contributed by atoms with Gasteiger partial charge in [0, 0.05) is 76.2 Å². The number of benzene rings is 2. The maximum atomic E-state index is 13.3. The van der Waals surface area contributed by atoms with Crippen LogP contribution >= 0.6 is 0 Å². The van der Waals surface area contributed by atoms with Crippen LogP contribution in [-0.2, 0) is 74.7 Å². The normalized spacial score (nSPS) is 13.6. The minimum Gasteiger partial charge on any atom is -0.497 e. The van der Waals surface area contributed by atoms with Crippen molar-refractivity contribution in [1.82, 2.24) is 35.0 Å². The summed E-state index contributed by atoms with van der Waals surface area (Å²) in [6.45, 7) is 17.9. The van der Waals surface area contributed by atoms with Gasteiger partial charge >= 0.3 is 12.1 Å². The monoisotopic (exact) mass is 1150 g/mol. The fraction of sp³-hybridized carbons (Fsp3) is 0.696. The lowest BCUT2D eigenvalue weighted by atomic mass is 10.0. The summed E-state index contributed by atoms with van der Waals surface area (Å²) in [5.74, 6) is 1.42. The molecule has 0 spiro atoms. The average Bonchev–Trinajstić information content (AvgIpc) is 4.16. The van der Waals surface area contributed by atoms with Crippen molar-refractivity contribution in [2.75, 3.05) is 212 Å². The summed E-state index contributed by atoms with van der Waals surface area (Å²) in [6.07, 6.45) is 4.72. The van der Waals surface area contributed by atoms with E-state index in [1.165, 1.54) is 0 Å². The molecule has 0 atom stereocenters. The van der Waals surface area contributed by atoms with Crippen LogP contribution in [0.5, 0.6) is 11.5 Å². The van der Waals surface area contributed by atoms with Gasteiger partial charge in [0.15, 0.2) is 0 Å². The molecule has 3 aromatic rings. The Hall–Kier alpha value is -5.29. The number of anilines is 1. The van der Waals surface area contributed by atoms with Crippen molar-refractivity contribution < 1.29 is 80.7 Å². The Balaban J connectivity index is 0.000000393. The van der Waals surface area contributed by atoms with Gasteiger partial charge in [0.1, 0.15) is 17.2 Å². The summed E-state index contributed by atoms with van der Waals surface area (Å²) in [4.78, 5) is 43.0. The van der Waals surface area contributed by atoms with Crippen molar-refractivity contribution in [1.29, 1.82) is 0 Å². The Kier molecular flexibility index (Phi) is 37.3. The number of urea groups is 2. The predicted octanol–water partition coefficient (Wildman–Crippen LogP) is 4.26. The van der Waals surface area contributed by atoms with E-state index >= 15 is 0 Å². The number of aromatic nitrogens is 3. The third-order valence-electron chi connectivity index (χ3n) is 12.5. The molecule has 5 amide bonds. The van der Waals surface area contributed by atoms with Crippen molar-refractivity contribution in [2.45, 2.75) is 51.7 Å². The van der Waals surface area contributed by atoms with Crippen LogP contribution in [0.3, 0.4) is 0 Å². The molecule has 81 heavy (non-hydrogen) atoms. The smallest absolute Gasteiger partial charge is 0.321 e. The lowest BCUT2D eigenvalue weighted by molar-refractivity contribution is -0.121. The van der Waals surface area contributed by atoms with Crippen LogP contribution in [0.15, 0.2) is 48.7 Å². The summed E-state index contributed by atoms with van der Waals surface area (Å²) < 4.78 is 77.0. The van der Waals surface area contributed by atoms with E-state index in [9.17, 15) is 14.4 Å². The molecule has 2 aromatic carbocycles. The number of nitrogens with zero attached hydrogens (tertiary/aromatic N) is 6. The van der Waals surface area contributed by atoms with E-state index < -0.39 is 0 Å². The van der Waals surface area contributed by atoms with Crippen LogP contribution in [0.2, 0.25) is 0 Å². The third kappa shape index (κ3) is 29.5. The van der Waals surface area contributed by atoms with E-state index in [1.54, 1.807) is 33.1 Å². The second-order valence-corrected chi connectivity index (χ2v) is 18.3. The molecule has 0 bridgehead atoms. The van der Waals surface area contributed by atoms with Gasteiger partial charge in [-0.1, -0.05) is 24.3 Å². The maximum Gasteiger partial charge on any atom is 0.321 e. The number of likely N-dealkylation sites (tertiary alicyclic amines) is 1. The highest BCUT2D eigenvalue weighted by Crippen LogP contribution is 2.29. The van der Waals surface area contributed by atoms with Crippen LogP contribution in [-0.4, -0.2) is 260 Å². The first kappa shape index (κ1) is 68.2. The first-order chi connectivity index (χ1) is 39.8. The average molecular weight is 1150 g/mol. The van der Waals surface area contributed by atoms with Crippen LogP contribution in [0, 0.1) is 0 Å². The number of ether oxygens (including phenoxy) is 14. The molecule has 0 saturated carbocycles. The number of nitrogens with one attached hydrogen (secondary N) is 2. The van der Waals surface area contributed by atoms with E-state index in [-0.39, 0.29) is 24.0 Å². The van der Waals surface area contributed by atoms with E-state index in [0.29, 0.717) is 197 Å². The van der Waals surface area contributed by atoms with Gasteiger partial charge in [0.2, 0.25) is 5.91 Å². The van der Waals surface area contributed by atoms with Gasteiger partial charge in [-0.3, -0.25) is 4.79 Å². The van der Waals surface area contributed by atoms with Gasteiger partial charge in [-0.15, -0.1) is 5.10 Å². The first-order valence-electron chi connectivity index (χ1n) is 28.2. The van der Waals surface area contributed by atoms with E-state index in [1.807, 2.05) is 63.4 Å². The highest BCUT2D eigenvalue weighted by Gasteiger charge is 2.36. The van der Waals surface area contributed by atoms with E-state index in [4.69, 9.17) is 66.3 Å². The minimum atomic E-state index is -0.151. The Bertz CT molecular complexity index is 2090. The molecule has 3 heterocycles. The molecule has 0 aliphatic carbocycles. The van der Waals surface area contributed by atoms with Crippen molar-refractivity contribution in [3.8, 4) is 22.8 Å². The van der Waals surface area contributed by atoms with Gasteiger partial charge < -0.3 is 91.6 Å². The summed E-state index contributed by atoms with van der Waals surface area (Å²) >= 11 is 0. The highest BCUT2D eigenvalue weighted by molar-refractivity contribution is 5.89. The van der Waals surface area contributed by atoms with Crippen molar-refractivity contribution >= 4 is 23.7 Å². The Morgan fingerprint density at radius 2 is 1.10 bits per heavy atom. The lowest BCUT2D eigenvalue weighted by Gasteiger charge is -2.36. The molecule has 2 aliphatic heterocycles. The molecular formula is C56H92N8O17. The van der Waals surface area contributed by atoms with Crippen LogP contribution in [0.4, 0.5) is 15.3 Å². The Morgan fingerprint density at radius 3 is 1.59 bits per heavy atom. The lowest BCUT2D eigenvalue weighted by Crippen LogP contribution is -2.49. The van der Waals surface area contributed by atoms with Crippen molar-refractivity contribution in [2.24, 2.45) is 0 Å². The molecule has 2 N–H and O–H groups in total. The van der Waals surface area contributed by atoms with Gasteiger partial charge in [-0.05, 0) is 49.6 Å². The quantitative estimate of drug-likeness (QED) is 0.0751. The van der Waals surface area contributed by atoms with Gasteiger partial charge in [-0.25, -0.2) is 14.3 Å². The van der Waals surface area contributed by atoms with Crippen molar-refractivity contribution in [3.05, 3.63) is 54.2 Å². The summed E-state index contributed by atoms with van der Waals surface area (Å²) in [7, 11) is 6.49. The molecule has 2 saturated heterocycles. The Morgan fingerprint density at radius 1 is 0.593 bits per heavy atom.